The van der Waals surface area contributed by atoms with Gasteiger partial charge in [-0.1, -0.05) is 39.3 Å². The van der Waals surface area contributed by atoms with E-state index in [0.29, 0.717) is 5.78 Å². The van der Waals surface area contributed by atoms with Crippen LogP contribution in [-0.4, -0.2) is 21.9 Å². The maximum Gasteiger partial charge on any atom is 0 e. The van der Waals surface area contributed by atoms with Crippen molar-refractivity contribution in [3.8, 4) is 0 Å². The number of hydrogen-bond donors (Lipinski definition) is 0. The van der Waals surface area contributed by atoms with Crippen LogP contribution in [0.4, 0.5) is 0 Å². The Kier molecular flexibility index (Phi) is 14.7. The van der Waals surface area contributed by atoms with Crippen LogP contribution in [0.2, 0.25) is 39.3 Å². The van der Waals surface area contributed by atoms with Gasteiger partial charge in [0.15, 0.2) is 5.78 Å². The SMILES string of the molecule is C[Si](C)(C)C1=C2CCCCC2=C([Si](C)(C)C)C1=O.[C-]#[O+].[C-]#[O+].[C-]#[O+].[Fe]. The fourth-order valence-electron chi connectivity index (χ4n) is 3.44. The van der Waals surface area contributed by atoms with Gasteiger partial charge in [0, 0.05) is 17.1 Å². The molecule has 0 saturated heterocycles. The van der Waals surface area contributed by atoms with Crippen LogP contribution < -0.4 is 0 Å². The molecule has 0 bridgehead atoms. The van der Waals surface area contributed by atoms with Crippen LogP contribution in [0, 0.1) is 20.0 Å². The van der Waals surface area contributed by atoms with Crippen molar-refractivity contribution in [3.63, 3.8) is 0 Å². The Morgan fingerprint density at radius 2 is 0.920 bits per heavy atom. The number of allylic oxidation sites excluding steroid dienone is 4. The van der Waals surface area contributed by atoms with Gasteiger partial charge in [0.2, 0.25) is 0 Å². The second-order valence-corrected chi connectivity index (χ2v) is 17.7. The number of Topliss-reactive ketones (excluding diaryl/α,β-unsaturated/α-hetero) is 1. The average molecular weight is 418 g/mol. The molecule has 0 N–H and O–H groups in total. The molecule has 0 atom stereocenters. The molecule has 0 spiro atoms. The van der Waals surface area contributed by atoms with Crippen molar-refractivity contribution in [2.45, 2.75) is 65.0 Å². The van der Waals surface area contributed by atoms with Crippen molar-refractivity contribution < 1.29 is 35.8 Å². The first kappa shape index (κ1) is 29.1. The summed E-state index contributed by atoms with van der Waals surface area (Å²) in [4.78, 5) is 12.9. The molecule has 0 aromatic heterocycles. The third-order valence-corrected chi connectivity index (χ3v) is 8.08. The predicted molar refractivity (Wildman–Crippen MR) is 96.0 cm³/mol. The molecule has 0 radical (unpaired) electrons. The number of rotatable bonds is 2. The Balaban J connectivity index is -0.000000626. The molecule has 0 aromatic carbocycles. The zero-order valence-corrected chi connectivity index (χ0v) is 18.9. The van der Waals surface area contributed by atoms with Gasteiger partial charge in [0.1, 0.15) is 0 Å². The van der Waals surface area contributed by atoms with Crippen molar-refractivity contribution in [2.24, 2.45) is 0 Å². The van der Waals surface area contributed by atoms with Crippen molar-refractivity contribution in [3.05, 3.63) is 41.5 Å². The number of carbonyl (C=O) groups is 1. The molecule has 7 heteroatoms. The molecule has 2 aliphatic rings. The van der Waals surface area contributed by atoms with E-state index in [2.05, 4.69) is 59.2 Å². The molecule has 1 saturated carbocycles. The molecule has 138 valence electrons. The Bertz CT molecular complexity index is 529. The van der Waals surface area contributed by atoms with Crippen molar-refractivity contribution in [2.75, 3.05) is 0 Å². The summed E-state index contributed by atoms with van der Waals surface area (Å²) in [7, 11) is -3.01. The molecule has 2 aliphatic carbocycles. The third kappa shape index (κ3) is 7.22. The van der Waals surface area contributed by atoms with Crippen LogP contribution in [0.1, 0.15) is 25.7 Å². The molecule has 0 heterocycles. The van der Waals surface area contributed by atoms with E-state index in [-0.39, 0.29) is 17.1 Å². The van der Waals surface area contributed by atoms with Gasteiger partial charge in [-0.2, -0.15) is 0 Å². The standard InChI is InChI=1S/C15H26OSi2.3CO.Fe/c1-17(2,3)14-11-9-7-8-10-12(11)15(13(14)16)18(4,5)6;3*1-2;/h7-10H2,1-6H3;;;;. The first-order chi connectivity index (χ1) is 11.1. The molecular formula is C18H26FeO4Si2. The minimum Gasteiger partial charge on any atom is 0 e. The quantitative estimate of drug-likeness (QED) is 0.373. The summed E-state index contributed by atoms with van der Waals surface area (Å²) >= 11 is 0. The van der Waals surface area contributed by atoms with E-state index < -0.39 is 16.1 Å². The number of carbonyl (C=O) groups excluding carboxylic acids is 1. The molecule has 0 amide bonds. The maximum absolute atomic E-state index is 12.9. The van der Waals surface area contributed by atoms with Crippen LogP contribution in [0.5, 0.6) is 0 Å². The first-order valence-electron chi connectivity index (χ1n) is 7.77. The van der Waals surface area contributed by atoms with E-state index in [0.717, 1.165) is 12.8 Å². The van der Waals surface area contributed by atoms with E-state index in [4.69, 9.17) is 14.0 Å². The fourth-order valence-corrected chi connectivity index (χ4v) is 7.54. The van der Waals surface area contributed by atoms with Gasteiger partial charge in [-0.25, -0.2) is 0 Å². The molecule has 0 aromatic rings. The van der Waals surface area contributed by atoms with E-state index in [1.165, 1.54) is 34.4 Å². The Morgan fingerprint density at radius 1 is 0.680 bits per heavy atom. The predicted octanol–water partition coefficient (Wildman–Crippen LogP) is 4.38. The summed E-state index contributed by atoms with van der Waals surface area (Å²) in [6, 6.07) is 0. The van der Waals surface area contributed by atoms with Gasteiger partial charge in [-0.05, 0) is 47.2 Å². The second kappa shape index (κ2) is 12.6. The van der Waals surface area contributed by atoms with Gasteiger partial charge in [-0.15, -0.1) is 0 Å². The van der Waals surface area contributed by atoms with Crippen LogP contribution in [-0.2, 0) is 35.8 Å². The minimum absolute atomic E-state index is 0. The monoisotopic (exact) mass is 418 g/mol. The number of fused-ring (bicyclic) bond motifs is 1. The Morgan fingerprint density at radius 3 is 1.12 bits per heavy atom. The van der Waals surface area contributed by atoms with Gasteiger partial charge < -0.3 is 0 Å². The van der Waals surface area contributed by atoms with Crippen LogP contribution >= 0.6 is 0 Å². The van der Waals surface area contributed by atoms with Gasteiger partial charge in [0.05, 0.1) is 16.1 Å². The van der Waals surface area contributed by atoms with E-state index in [1.54, 1.807) is 0 Å². The normalized spacial score (nSPS) is 15.9. The fraction of sp³-hybridized carbons (Fsp3) is 0.556. The summed E-state index contributed by atoms with van der Waals surface area (Å²) in [5.74, 6) is 0.459. The molecule has 4 nitrogen and oxygen atoms in total. The van der Waals surface area contributed by atoms with Crippen LogP contribution in [0.3, 0.4) is 0 Å². The van der Waals surface area contributed by atoms with Gasteiger partial charge in [0.25, 0.3) is 0 Å². The molecular weight excluding hydrogens is 392 g/mol. The number of hydrogen-bond acceptors (Lipinski definition) is 1. The van der Waals surface area contributed by atoms with E-state index in [1.807, 2.05) is 0 Å². The second-order valence-electron chi connectivity index (χ2n) is 7.74. The maximum atomic E-state index is 12.9. The molecule has 2 rings (SSSR count). The zero-order valence-electron chi connectivity index (χ0n) is 15.8. The summed E-state index contributed by atoms with van der Waals surface area (Å²) in [6.45, 7) is 27.5. The van der Waals surface area contributed by atoms with Gasteiger partial charge >= 0.3 is 33.9 Å². The molecule has 25 heavy (non-hydrogen) atoms. The van der Waals surface area contributed by atoms with Crippen molar-refractivity contribution in [1.82, 2.24) is 0 Å². The summed E-state index contributed by atoms with van der Waals surface area (Å²) < 4.78 is 22.5. The van der Waals surface area contributed by atoms with Crippen molar-refractivity contribution >= 4 is 21.9 Å². The number of ketones is 1. The summed E-state index contributed by atoms with van der Waals surface area (Å²) in [5, 5.41) is 2.55. The summed E-state index contributed by atoms with van der Waals surface area (Å²) in [5.41, 5.74) is 2.98. The third-order valence-electron chi connectivity index (χ3n) is 4.03. The zero-order chi connectivity index (χ0) is 19.7. The average Bonchev–Trinajstić information content (AvgIpc) is 2.85. The Labute approximate surface area is 164 Å². The largest absolute Gasteiger partial charge is 0 e. The smallest absolute Gasteiger partial charge is 0 e. The molecule has 0 unspecified atom stereocenters. The van der Waals surface area contributed by atoms with Crippen LogP contribution in [0.25, 0.3) is 0 Å². The van der Waals surface area contributed by atoms with E-state index >= 15 is 0 Å². The molecule has 0 aliphatic heterocycles. The molecule has 1 fully saturated rings. The van der Waals surface area contributed by atoms with Crippen molar-refractivity contribution in [1.29, 1.82) is 0 Å². The van der Waals surface area contributed by atoms with Crippen LogP contribution in [0.15, 0.2) is 21.5 Å². The first-order valence-corrected chi connectivity index (χ1v) is 14.8. The van der Waals surface area contributed by atoms with Gasteiger partial charge in [-0.3, -0.25) is 4.79 Å². The topological polar surface area (TPSA) is 76.8 Å². The summed E-state index contributed by atoms with van der Waals surface area (Å²) in [6.07, 6.45) is 4.88. The van der Waals surface area contributed by atoms with E-state index in [9.17, 15) is 4.79 Å². The minimum atomic E-state index is -1.51. The Hall–Kier alpha value is -0.677.